The van der Waals surface area contributed by atoms with Crippen molar-refractivity contribution in [2.75, 3.05) is 13.6 Å². The van der Waals surface area contributed by atoms with E-state index in [2.05, 4.69) is 75.0 Å². The van der Waals surface area contributed by atoms with E-state index in [1.54, 1.807) is 0 Å². The Bertz CT molecular complexity index is 865. The molecule has 4 nitrogen and oxygen atoms in total. The summed E-state index contributed by atoms with van der Waals surface area (Å²) in [7, 11) is 2.08. The van der Waals surface area contributed by atoms with Crippen molar-refractivity contribution in [2.24, 2.45) is 15.4 Å². The highest BCUT2D eigenvalue weighted by molar-refractivity contribution is 6.11. The van der Waals surface area contributed by atoms with Gasteiger partial charge >= 0.3 is 0 Å². The molecule has 174 valence electrons. The highest BCUT2D eigenvalue weighted by atomic mass is 15.3. The molecule has 0 radical (unpaired) electrons. The summed E-state index contributed by atoms with van der Waals surface area (Å²) in [4.78, 5) is 12.3. The fraction of sp³-hybridized carbons (Fsp3) is 0.571. The van der Waals surface area contributed by atoms with Crippen molar-refractivity contribution in [1.29, 1.82) is 0 Å². The van der Waals surface area contributed by atoms with E-state index in [1.165, 1.54) is 50.5 Å². The molecule has 1 aromatic carbocycles. The van der Waals surface area contributed by atoms with Crippen LogP contribution in [0.3, 0.4) is 0 Å². The Morgan fingerprint density at radius 3 is 2.44 bits per heavy atom. The van der Waals surface area contributed by atoms with Crippen LogP contribution in [0.1, 0.15) is 83.8 Å². The van der Waals surface area contributed by atoms with E-state index in [9.17, 15) is 0 Å². The molecule has 1 aliphatic heterocycles. The van der Waals surface area contributed by atoms with Crippen molar-refractivity contribution in [3.05, 3.63) is 59.4 Å². The SMILES string of the molecule is C=C(C)/C=C1/N=C(c2ccc(CC(C)(C)CC)cc2)NC(=NC2CCCCCC2)CN1C. The first kappa shape index (κ1) is 24.3. The molecule has 1 aromatic rings. The normalized spacial score (nSPS) is 21.2. The standard InChI is InChI=1S/C28H42N4/c1-7-28(4,5)19-22-14-16-23(17-15-22)27-30-25(29-24-12-10-8-9-11-13-24)20-32(6)26(31-27)18-21(2)3/h14-18,24H,2,7-13,19-20H2,1,3-6H3,(H,29,30,31)/b26-18-. The van der Waals surface area contributed by atoms with Gasteiger partial charge in [0.1, 0.15) is 17.5 Å². The largest absolute Gasteiger partial charge is 0.352 e. The zero-order chi connectivity index (χ0) is 23.1. The van der Waals surface area contributed by atoms with Crippen molar-refractivity contribution in [2.45, 2.75) is 85.1 Å². The number of nitrogens with one attached hydrogen (secondary N) is 1. The van der Waals surface area contributed by atoms with Gasteiger partial charge in [-0.15, -0.1) is 0 Å². The number of amidine groups is 2. The molecule has 1 aliphatic carbocycles. The molecule has 1 heterocycles. The summed E-state index contributed by atoms with van der Waals surface area (Å²) in [5.74, 6) is 2.80. The number of nitrogens with zero attached hydrogens (tertiary/aromatic N) is 3. The minimum atomic E-state index is 0.318. The molecule has 32 heavy (non-hydrogen) atoms. The number of likely N-dealkylation sites (N-methyl/N-ethyl adjacent to an activating group) is 1. The average Bonchev–Trinajstić information content (AvgIpc) is 3.08. The Kier molecular flexibility index (Phi) is 8.33. The minimum absolute atomic E-state index is 0.318. The number of hydrogen-bond acceptors (Lipinski definition) is 3. The van der Waals surface area contributed by atoms with Gasteiger partial charge in [0.15, 0.2) is 0 Å². The maximum Gasteiger partial charge on any atom is 0.141 e. The lowest BCUT2D eigenvalue weighted by molar-refractivity contribution is 0.349. The van der Waals surface area contributed by atoms with E-state index in [0.29, 0.717) is 11.5 Å². The molecule has 0 atom stereocenters. The second kappa shape index (κ2) is 11.0. The first-order valence-electron chi connectivity index (χ1n) is 12.4. The van der Waals surface area contributed by atoms with E-state index in [-0.39, 0.29) is 0 Å². The molecule has 2 aliphatic rings. The molecule has 1 N–H and O–H groups in total. The maximum absolute atomic E-state index is 5.17. The van der Waals surface area contributed by atoms with Gasteiger partial charge in [-0.05, 0) is 43.2 Å². The van der Waals surface area contributed by atoms with Gasteiger partial charge in [-0.25, -0.2) is 4.99 Å². The molecular formula is C28H42N4. The lowest BCUT2D eigenvalue weighted by Crippen LogP contribution is -2.36. The highest BCUT2D eigenvalue weighted by Gasteiger charge is 2.20. The molecule has 1 saturated carbocycles. The zero-order valence-electron chi connectivity index (χ0n) is 20.9. The summed E-state index contributed by atoms with van der Waals surface area (Å²) >= 11 is 0. The number of aliphatic imine (C=N–C) groups is 2. The topological polar surface area (TPSA) is 40.0 Å². The third-order valence-corrected chi connectivity index (χ3v) is 6.67. The maximum atomic E-state index is 5.17. The highest BCUT2D eigenvalue weighted by Crippen LogP contribution is 2.26. The Hall–Kier alpha value is -2.36. The van der Waals surface area contributed by atoms with Crippen LogP contribution in [0.15, 0.2) is 58.3 Å². The average molecular weight is 435 g/mol. The predicted octanol–water partition coefficient (Wildman–Crippen LogP) is 6.49. The molecule has 0 saturated heterocycles. The quantitative estimate of drug-likeness (QED) is 0.520. The fourth-order valence-electron chi connectivity index (χ4n) is 4.35. The number of rotatable bonds is 6. The summed E-state index contributed by atoms with van der Waals surface area (Å²) in [6.45, 7) is 13.7. The van der Waals surface area contributed by atoms with Gasteiger partial charge in [-0.1, -0.05) is 89.3 Å². The number of benzene rings is 1. The predicted molar refractivity (Wildman–Crippen MR) is 138 cm³/mol. The van der Waals surface area contributed by atoms with Crippen molar-refractivity contribution >= 4 is 11.7 Å². The van der Waals surface area contributed by atoms with Gasteiger partial charge in [0, 0.05) is 12.6 Å². The first-order valence-corrected chi connectivity index (χ1v) is 12.4. The van der Waals surface area contributed by atoms with Crippen LogP contribution in [0.5, 0.6) is 0 Å². The first-order chi connectivity index (χ1) is 15.3. The van der Waals surface area contributed by atoms with Crippen LogP contribution in [0.4, 0.5) is 0 Å². The second-order valence-corrected chi connectivity index (χ2v) is 10.4. The summed E-state index contributed by atoms with van der Waals surface area (Å²) in [6, 6.07) is 9.30. The van der Waals surface area contributed by atoms with Crippen LogP contribution in [-0.4, -0.2) is 36.2 Å². The van der Waals surface area contributed by atoms with E-state index < -0.39 is 0 Å². The Balaban J connectivity index is 1.90. The molecule has 0 unspecified atom stereocenters. The molecule has 0 amide bonds. The fourth-order valence-corrected chi connectivity index (χ4v) is 4.35. The summed E-state index contributed by atoms with van der Waals surface area (Å²) in [6.07, 6.45) is 11.9. The molecule has 3 rings (SSSR count). The third-order valence-electron chi connectivity index (χ3n) is 6.67. The molecule has 0 bridgehead atoms. The summed E-state index contributed by atoms with van der Waals surface area (Å²) < 4.78 is 0. The molecule has 0 spiro atoms. The molecular weight excluding hydrogens is 392 g/mol. The Morgan fingerprint density at radius 1 is 1.19 bits per heavy atom. The van der Waals surface area contributed by atoms with E-state index in [0.717, 1.165) is 41.6 Å². The zero-order valence-corrected chi connectivity index (χ0v) is 20.9. The van der Waals surface area contributed by atoms with Gasteiger partial charge in [0.2, 0.25) is 0 Å². The molecule has 1 fully saturated rings. The lowest BCUT2D eigenvalue weighted by Gasteiger charge is -2.22. The van der Waals surface area contributed by atoms with Crippen molar-refractivity contribution in [3.8, 4) is 0 Å². The Morgan fingerprint density at radius 2 is 1.84 bits per heavy atom. The van der Waals surface area contributed by atoms with Gasteiger partial charge < -0.3 is 10.2 Å². The van der Waals surface area contributed by atoms with Gasteiger partial charge in [-0.2, -0.15) is 0 Å². The third kappa shape index (κ3) is 7.08. The van der Waals surface area contributed by atoms with Crippen molar-refractivity contribution in [1.82, 2.24) is 10.2 Å². The van der Waals surface area contributed by atoms with E-state index >= 15 is 0 Å². The van der Waals surface area contributed by atoms with Crippen molar-refractivity contribution in [3.63, 3.8) is 0 Å². The van der Waals surface area contributed by atoms with E-state index in [4.69, 9.17) is 9.98 Å². The monoisotopic (exact) mass is 434 g/mol. The number of hydrogen-bond donors (Lipinski definition) is 1. The van der Waals surface area contributed by atoms with Gasteiger partial charge in [-0.3, -0.25) is 4.99 Å². The lowest BCUT2D eigenvalue weighted by atomic mass is 9.83. The van der Waals surface area contributed by atoms with Crippen LogP contribution in [0.25, 0.3) is 0 Å². The van der Waals surface area contributed by atoms with Crippen LogP contribution >= 0.6 is 0 Å². The van der Waals surface area contributed by atoms with Crippen LogP contribution < -0.4 is 5.32 Å². The van der Waals surface area contributed by atoms with Crippen LogP contribution in [0.2, 0.25) is 0 Å². The number of allylic oxidation sites excluding steroid dienone is 2. The van der Waals surface area contributed by atoms with E-state index in [1.807, 2.05) is 6.92 Å². The summed E-state index contributed by atoms with van der Waals surface area (Å²) in [5, 5.41) is 3.60. The molecule has 4 heteroatoms. The van der Waals surface area contributed by atoms with Crippen LogP contribution in [0, 0.1) is 5.41 Å². The Labute approximate surface area is 195 Å². The van der Waals surface area contributed by atoms with Crippen LogP contribution in [-0.2, 0) is 6.42 Å². The minimum Gasteiger partial charge on any atom is -0.352 e. The van der Waals surface area contributed by atoms with Crippen molar-refractivity contribution < 1.29 is 0 Å². The smallest absolute Gasteiger partial charge is 0.141 e. The molecule has 0 aromatic heterocycles. The summed E-state index contributed by atoms with van der Waals surface area (Å²) in [5.41, 5.74) is 3.78. The van der Waals surface area contributed by atoms with Gasteiger partial charge in [0.05, 0.1) is 12.6 Å². The second-order valence-electron chi connectivity index (χ2n) is 10.4. The van der Waals surface area contributed by atoms with Gasteiger partial charge in [0.25, 0.3) is 0 Å².